The number of unbranched alkanes of at least 4 members (excludes halogenated alkanes) is 6. The predicted molar refractivity (Wildman–Crippen MR) is 216 cm³/mol. The lowest BCUT2D eigenvalue weighted by atomic mass is 9.93. The first-order valence-electron chi connectivity index (χ1n) is 21.0. The van der Waals surface area contributed by atoms with Crippen molar-refractivity contribution in [1.82, 2.24) is 0 Å². The highest BCUT2D eigenvalue weighted by molar-refractivity contribution is 5.78. The van der Waals surface area contributed by atoms with Gasteiger partial charge in [-0.15, -0.1) is 0 Å². The number of ether oxygens (including phenoxy) is 7. The number of carbonyl (C=O) groups is 6. The minimum absolute atomic E-state index is 0.161. The summed E-state index contributed by atoms with van der Waals surface area (Å²) < 4.78 is 42.3. The first kappa shape index (κ1) is 52.8. The molecular weight excluding hydrogens is 752 g/mol. The number of hydrogen-bond donors (Lipinski definition) is 1. The molecule has 0 aromatic heterocycles. The summed E-state index contributed by atoms with van der Waals surface area (Å²) >= 11 is 0. The van der Waals surface area contributed by atoms with Crippen LogP contribution in [0.2, 0.25) is 0 Å². The molecule has 0 aromatic rings. The maximum Gasteiger partial charge on any atom is 0.311 e. The molecule has 0 aromatic carbocycles. The molecule has 0 aliphatic carbocycles. The molecule has 1 N–H and O–H groups in total. The van der Waals surface area contributed by atoms with Gasteiger partial charge in [0.05, 0.1) is 27.8 Å². The molecule has 1 aliphatic rings. The zero-order valence-electron chi connectivity index (χ0n) is 38.0. The molecule has 14 nitrogen and oxygen atoms in total. The normalized spacial score (nSPS) is 21.3. The average molecular weight is 829 g/mol. The molecule has 1 rings (SSSR count). The van der Waals surface area contributed by atoms with Gasteiger partial charge in [-0.25, -0.2) is 0 Å². The van der Waals surface area contributed by atoms with E-state index >= 15 is 0 Å². The van der Waals surface area contributed by atoms with E-state index in [4.69, 9.17) is 38.3 Å². The van der Waals surface area contributed by atoms with E-state index in [0.717, 1.165) is 57.8 Å². The van der Waals surface area contributed by atoms with Gasteiger partial charge in [-0.3, -0.25) is 28.8 Å². The number of aliphatic carboxylic acids is 1. The Morgan fingerprint density at radius 3 is 1.41 bits per heavy atom. The van der Waals surface area contributed by atoms with Gasteiger partial charge in [0.25, 0.3) is 0 Å². The van der Waals surface area contributed by atoms with E-state index in [1.807, 2.05) is 6.92 Å². The van der Waals surface area contributed by atoms with Crippen LogP contribution >= 0.6 is 0 Å². The standard InChI is InChI=1S/C44H76O14/c1-28(23-19-15-16-20-24-30(54-29(2)45)25-21-17-18-22-26-32(46)47)53-36-35(58-40(51)44(12,13)14)34(57-39(50)43(9,10)11)33(56-38(49)42(6,7)8)31(55-36)27-52-37(48)41(3,4)5/h28,30-31,33-36H,15-27H2,1-14H3,(H,46,47)/t28-,30?,31-,33-,34+,35-,36-/m1/s1. The van der Waals surface area contributed by atoms with Crippen LogP contribution in [0.25, 0.3) is 0 Å². The van der Waals surface area contributed by atoms with Gasteiger partial charge in [-0.1, -0.05) is 32.1 Å². The van der Waals surface area contributed by atoms with Gasteiger partial charge in [-0.05, 0) is 129 Å². The molecule has 1 unspecified atom stereocenters. The summed E-state index contributed by atoms with van der Waals surface area (Å²) in [6.07, 6.45) is 1.67. The summed E-state index contributed by atoms with van der Waals surface area (Å²) in [7, 11) is 0. The Bertz CT molecular complexity index is 1330. The van der Waals surface area contributed by atoms with Crippen LogP contribution in [0.5, 0.6) is 0 Å². The second kappa shape index (κ2) is 23.5. The van der Waals surface area contributed by atoms with Crippen molar-refractivity contribution in [2.75, 3.05) is 6.61 Å². The van der Waals surface area contributed by atoms with Crippen LogP contribution < -0.4 is 0 Å². The number of carbonyl (C=O) groups excluding carboxylic acids is 5. The minimum Gasteiger partial charge on any atom is -0.481 e. The summed E-state index contributed by atoms with van der Waals surface area (Å²) in [5.74, 6) is -3.54. The van der Waals surface area contributed by atoms with E-state index in [0.29, 0.717) is 12.8 Å². The van der Waals surface area contributed by atoms with Crippen molar-refractivity contribution in [2.45, 2.75) is 217 Å². The zero-order valence-corrected chi connectivity index (χ0v) is 38.0. The molecule has 0 saturated carbocycles. The summed E-state index contributed by atoms with van der Waals surface area (Å²) in [5.41, 5.74) is -3.79. The van der Waals surface area contributed by atoms with Gasteiger partial charge in [0.2, 0.25) is 0 Å². The molecule has 1 saturated heterocycles. The van der Waals surface area contributed by atoms with Gasteiger partial charge in [0.1, 0.15) is 18.8 Å². The zero-order chi connectivity index (χ0) is 44.6. The Balaban J connectivity index is 3.26. The summed E-state index contributed by atoms with van der Waals surface area (Å²) in [5, 5.41) is 8.83. The third kappa shape index (κ3) is 20.1. The fourth-order valence-corrected chi connectivity index (χ4v) is 5.75. The van der Waals surface area contributed by atoms with Gasteiger partial charge >= 0.3 is 35.8 Å². The van der Waals surface area contributed by atoms with Gasteiger partial charge in [0, 0.05) is 13.3 Å². The summed E-state index contributed by atoms with van der Waals surface area (Å²) in [6, 6.07) is 0. The van der Waals surface area contributed by atoms with Crippen LogP contribution in [0.1, 0.15) is 174 Å². The molecule has 0 spiro atoms. The molecule has 0 bridgehead atoms. The fourth-order valence-electron chi connectivity index (χ4n) is 5.75. The van der Waals surface area contributed by atoms with Crippen molar-refractivity contribution in [3.63, 3.8) is 0 Å². The first-order chi connectivity index (χ1) is 26.5. The monoisotopic (exact) mass is 829 g/mol. The lowest BCUT2D eigenvalue weighted by Crippen LogP contribution is -2.64. The molecule has 1 fully saturated rings. The quantitative estimate of drug-likeness (QED) is 0.0624. The van der Waals surface area contributed by atoms with Crippen LogP contribution in [-0.2, 0) is 61.9 Å². The van der Waals surface area contributed by atoms with Gasteiger partial charge < -0.3 is 38.3 Å². The molecule has 58 heavy (non-hydrogen) atoms. The van der Waals surface area contributed by atoms with Crippen molar-refractivity contribution in [3.05, 3.63) is 0 Å². The molecule has 1 heterocycles. The number of hydrogen-bond acceptors (Lipinski definition) is 13. The van der Waals surface area contributed by atoms with Crippen molar-refractivity contribution in [3.8, 4) is 0 Å². The topological polar surface area (TPSA) is 187 Å². The fraction of sp³-hybridized carbons (Fsp3) is 0.864. The van der Waals surface area contributed by atoms with Gasteiger partial charge in [-0.2, -0.15) is 0 Å². The second-order valence-corrected chi connectivity index (χ2v) is 19.8. The maximum absolute atomic E-state index is 13.5. The summed E-state index contributed by atoms with van der Waals surface area (Å²) in [6.45, 7) is 23.1. The van der Waals surface area contributed by atoms with E-state index in [-0.39, 0.29) is 25.1 Å². The largest absolute Gasteiger partial charge is 0.481 e. The smallest absolute Gasteiger partial charge is 0.311 e. The van der Waals surface area contributed by atoms with Crippen LogP contribution in [-0.4, -0.2) is 90.4 Å². The van der Waals surface area contributed by atoms with E-state index in [1.54, 1.807) is 83.1 Å². The number of rotatable bonds is 22. The van der Waals surface area contributed by atoms with Crippen molar-refractivity contribution < 1.29 is 67.0 Å². The van der Waals surface area contributed by atoms with E-state index < -0.39 is 88.3 Å². The summed E-state index contributed by atoms with van der Waals surface area (Å²) in [4.78, 5) is 75.8. The van der Waals surface area contributed by atoms with Crippen molar-refractivity contribution in [1.29, 1.82) is 0 Å². The predicted octanol–water partition coefficient (Wildman–Crippen LogP) is 8.28. The second-order valence-electron chi connectivity index (χ2n) is 19.8. The molecular formula is C44H76O14. The Labute approximate surface area is 347 Å². The Morgan fingerprint density at radius 1 is 0.569 bits per heavy atom. The van der Waals surface area contributed by atoms with Gasteiger partial charge in [0.15, 0.2) is 24.6 Å². The third-order valence-corrected chi connectivity index (χ3v) is 9.40. The highest BCUT2D eigenvalue weighted by Crippen LogP contribution is 2.35. The molecule has 7 atom stereocenters. The van der Waals surface area contributed by atoms with Crippen molar-refractivity contribution in [2.24, 2.45) is 21.7 Å². The van der Waals surface area contributed by atoms with Crippen LogP contribution in [0.3, 0.4) is 0 Å². The van der Waals surface area contributed by atoms with Crippen LogP contribution in [0.15, 0.2) is 0 Å². The Hall–Kier alpha value is -3.26. The van der Waals surface area contributed by atoms with E-state index in [2.05, 4.69) is 0 Å². The lowest BCUT2D eigenvalue weighted by Gasteiger charge is -2.46. The Morgan fingerprint density at radius 2 is 0.983 bits per heavy atom. The van der Waals surface area contributed by atoms with Crippen LogP contribution in [0, 0.1) is 21.7 Å². The average Bonchev–Trinajstić information content (AvgIpc) is 3.06. The molecule has 1 aliphatic heterocycles. The molecule has 336 valence electrons. The third-order valence-electron chi connectivity index (χ3n) is 9.40. The molecule has 14 heteroatoms. The number of carboxylic acids is 1. The molecule has 0 radical (unpaired) electrons. The SMILES string of the molecule is CC(=O)OC(CCCCCCC(=O)O)CCCCCC[C@@H](C)O[C@@H]1O[C@H](COC(=O)C(C)(C)C)[C@@H](OC(=O)C(C)(C)C)[C@H](OC(=O)C(C)(C)C)[C@H]1OC(=O)C(C)(C)C. The number of esters is 5. The van der Waals surface area contributed by atoms with Crippen molar-refractivity contribution >= 4 is 35.8 Å². The maximum atomic E-state index is 13.5. The van der Waals surface area contributed by atoms with E-state index in [9.17, 15) is 28.8 Å². The highest BCUT2D eigenvalue weighted by Gasteiger charge is 2.55. The van der Waals surface area contributed by atoms with E-state index in [1.165, 1.54) is 6.92 Å². The molecule has 0 amide bonds. The highest BCUT2D eigenvalue weighted by atomic mass is 16.7. The van der Waals surface area contributed by atoms with Crippen LogP contribution in [0.4, 0.5) is 0 Å². The first-order valence-corrected chi connectivity index (χ1v) is 21.0. The minimum atomic E-state index is -1.39. The lowest BCUT2D eigenvalue weighted by molar-refractivity contribution is -0.319. The Kier molecular flexibility index (Phi) is 21.4. The number of carboxylic acid groups (broad SMARTS) is 1.